The van der Waals surface area contributed by atoms with Crippen molar-refractivity contribution >= 4 is 17.5 Å². The van der Waals surface area contributed by atoms with Crippen LogP contribution >= 0.6 is 0 Å². The molecule has 31 heavy (non-hydrogen) atoms. The predicted molar refractivity (Wildman–Crippen MR) is 121 cm³/mol. The summed E-state index contributed by atoms with van der Waals surface area (Å²) in [4.78, 5) is 24.8. The smallest absolute Gasteiger partial charge is 0.258 e. The monoisotopic (exact) mass is 414 g/mol. The zero-order valence-electron chi connectivity index (χ0n) is 17.5. The van der Waals surface area contributed by atoms with Gasteiger partial charge in [-0.3, -0.25) is 9.59 Å². The first-order chi connectivity index (χ1) is 15.0. The van der Waals surface area contributed by atoms with E-state index < -0.39 is 5.54 Å². The zero-order chi connectivity index (χ0) is 21.7. The maximum atomic E-state index is 12.8. The standard InChI is InChI=1S/C26H26N2O3/c1-26(20-9-4-2-5-10-20,21-11-6-3-7-12-21)28-24(29)18-31-23-14-8-13-22(17-23)27-25(30)19-15-16-19/h2-14,17,19H,15-16,18H2,1H3,(H,27,30)(H,28,29). The summed E-state index contributed by atoms with van der Waals surface area (Å²) in [5.41, 5.74) is 1.95. The van der Waals surface area contributed by atoms with Crippen LogP contribution in [0.3, 0.4) is 0 Å². The number of hydrogen-bond acceptors (Lipinski definition) is 3. The van der Waals surface area contributed by atoms with Crippen LogP contribution in [0.5, 0.6) is 5.75 Å². The Labute approximate surface area is 182 Å². The number of anilines is 1. The van der Waals surface area contributed by atoms with Gasteiger partial charge in [-0.05, 0) is 43.0 Å². The maximum absolute atomic E-state index is 12.8. The lowest BCUT2D eigenvalue weighted by Gasteiger charge is -2.32. The van der Waals surface area contributed by atoms with E-state index in [4.69, 9.17) is 4.74 Å². The van der Waals surface area contributed by atoms with Crippen LogP contribution in [0.25, 0.3) is 0 Å². The average molecular weight is 415 g/mol. The summed E-state index contributed by atoms with van der Waals surface area (Å²) in [7, 11) is 0. The van der Waals surface area contributed by atoms with Crippen LogP contribution in [0.1, 0.15) is 30.9 Å². The number of amides is 2. The fourth-order valence-electron chi connectivity index (χ4n) is 3.57. The molecule has 0 bridgehead atoms. The lowest BCUT2D eigenvalue weighted by atomic mass is 9.84. The van der Waals surface area contributed by atoms with Crippen molar-refractivity contribution in [1.82, 2.24) is 5.32 Å². The molecule has 0 aliphatic heterocycles. The molecule has 0 saturated heterocycles. The van der Waals surface area contributed by atoms with Crippen molar-refractivity contribution in [3.8, 4) is 5.75 Å². The summed E-state index contributed by atoms with van der Waals surface area (Å²) in [5, 5.41) is 6.03. The van der Waals surface area contributed by atoms with Crippen LogP contribution in [0.2, 0.25) is 0 Å². The third kappa shape index (κ3) is 5.12. The molecule has 2 amide bonds. The van der Waals surface area contributed by atoms with Gasteiger partial charge in [0.25, 0.3) is 5.91 Å². The molecule has 5 heteroatoms. The van der Waals surface area contributed by atoms with E-state index in [1.54, 1.807) is 18.2 Å². The molecule has 158 valence electrons. The second-order valence-electron chi connectivity index (χ2n) is 7.99. The molecule has 0 heterocycles. The van der Waals surface area contributed by atoms with Gasteiger partial charge in [0.15, 0.2) is 6.61 Å². The van der Waals surface area contributed by atoms with Crippen LogP contribution in [-0.2, 0) is 15.1 Å². The predicted octanol–water partition coefficient (Wildman–Crippen LogP) is 4.49. The number of rotatable bonds is 8. The quantitative estimate of drug-likeness (QED) is 0.571. The van der Waals surface area contributed by atoms with Crippen molar-refractivity contribution in [3.63, 3.8) is 0 Å². The molecule has 3 aromatic carbocycles. The molecule has 1 saturated carbocycles. The van der Waals surface area contributed by atoms with Crippen LogP contribution in [0.15, 0.2) is 84.9 Å². The highest BCUT2D eigenvalue weighted by atomic mass is 16.5. The van der Waals surface area contributed by atoms with E-state index in [9.17, 15) is 9.59 Å². The van der Waals surface area contributed by atoms with E-state index in [1.165, 1.54) is 0 Å². The Morgan fingerprint density at radius 1 is 0.903 bits per heavy atom. The van der Waals surface area contributed by atoms with Crippen molar-refractivity contribution in [2.45, 2.75) is 25.3 Å². The van der Waals surface area contributed by atoms with Gasteiger partial charge in [-0.2, -0.15) is 0 Å². The second-order valence-corrected chi connectivity index (χ2v) is 7.99. The van der Waals surface area contributed by atoms with Gasteiger partial charge in [0.05, 0.1) is 5.54 Å². The summed E-state index contributed by atoms with van der Waals surface area (Å²) >= 11 is 0. The Bertz CT molecular complexity index is 1010. The number of hydrogen-bond donors (Lipinski definition) is 2. The molecule has 4 rings (SSSR count). The molecule has 1 fully saturated rings. The maximum Gasteiger partial charge on any atom is 0.258 e. The molecule has 3 aromatic rings. The number of carbonyl (C=O) groups excluding carboxylic acids is 2. The largest absolute Gasteiger partial charge is 0.484 e. The number of nitrogens with one attached hydrogen (secondary N) is 2. The number of carbonyl (C=O) groups is 2. The van der Waals surface area contributed by atoms with Gasteiger partial charge in [0.1, 0.15) is 5.75 Å². The van der Waals surface area contributed by atoms with Crippen molar-refractivity contribution in [3.05, 3.63) is 96.1 Å². The molecule has 0 unspecified atom stereocenters. The Balaban J connectivity index is 1.43. The van der Waals surface area contributed by atoms with Crippen LogP contribution in [0, 0.1) is 5.92 Å². The topological polar surface area (TPSA) is 67.4 Å². The van der Waals surface area contributed by atoms with Crippen molar-refractivity contribution in [2.75, 3.05) is 11.9 Å². The Morgan fingerprint density at radius 3 is 2.10 bits per heavy atom. The zero-order valence-corrected chi connectivity index (χ0v) is 17.5. The molecular weight excluding hydrogens is 388 g/mol. The SMILES string of the molecule is CC(NC(=O)COc1cccc(NC(=O)C2CC2)c1)(c1ccccc1)c1ccccc1. The Kier molecular flexibility index (Phi) is 6.03. The molecular formula is C26H26N2O3. The second kappa shape index (κ2) is 9.04. The normalized spacial score (nSPS) is 13.3. The van der Waals surface area contributed by atoms with Crippen molar-refractivity contribution < 1.29 is 14.3 Å². The van der Waals surface area contributed by atoms with Gasteiger partial charge in [-0.1, -0.05) is 66.7 Å². The van der Waals surface area contributed by atoms with E-state index in [0.29, 0.717) is 11.4 Å². The third-order valence-corrected chi connectivity index (χ3v) is 5.51. The molecule has 0 aromatic heterocycles. The minimum atomic E-state index is -0.691. The summed E-state index contributed by atoms with van der Waals surface area (Å²) in [6.07, 6.45) is 1.90. The van der Waals surface area contributed by atoms with Gasteiger partial charge in [-0.15, -0.1) is 0 Å². The van der Waals surface area contributed by atoms with E-state index in [1.807, 2.05) is 73.7 Å². The molecule has 0 spiro atoms. The van der Waals surface area contributed by atoms with Gasteiger partial charge in [0.2, 0.25) is 5.91 Å². The highest BCUT2D eigenvalue weighted by Crippen LogP contribution is 2.31. The Hall–Kier alpha value is -3.60. The molecule has 0 atom stereocenters. The molecule has 2 N–H and O–H groups in total. The van der Waals surface area contributed by atoms with Gasteiger partial charge in [0, 0.05) is 17.7 Å². The lowest BCUT2D eigenvalue weighted by Crippen LogP contribution is -2.46. The van der Waals surface area contributed by atoms with Crippen LogP contribution in [-0.4, -0.2) is 18.4 Å². The first-order valence-electron chi connectivity index (χ1n) is 10.5. The fraction of sp³-hybridized carbons (Fsp3) is 0.231. The third-order valence-electron chi connectivity index (χ3n) is 5.51. The summed E-state index contributed by atoms with van der Waals surface area (Å²) in [6, 6.07) is 26.9. The van der Waals surface area contributed by atoms with E-state index in [2.05, 4.69) is 10.6 Å². The minimum absolute atomic E-state index is 0.0383. The van der Waals surface area contributed by atoms with Crippen molar-refractivity contribution in [1.29, 1.82) is 0 Å². The molecule has 5 nitrogen and oxygen atoms in total. The minimum Gasteiger partial charge on any atom is -0.484 e. The number of benzene rings is 3. The van der Waals surface area contributed by atoms with Crippen LogP contribution in [0.4, 0.5) is 5.69 Å². The molecule has 1 aliphatic carbocycles. The average Bonchev–Trinajstić information content (AvgIpc) is 3.65. The lowest BCUT2D eigenvalue weighted by molar-refractivity contribution is -0.124. The van der Waals surface area contributed by atoms with Crippen LogP contribution < -0.4 is 15.4 Å². The molecule has 1 aliphatic rings. The van der Waals surface area contributed by atoms with Gasteiger partial charge >= 0.3 is 0 Å². The van der Waals surface area contributed by atoms with E-state index in [-0.39, 0.29) is 24.3 Å². The molecule has 0 radical (unpaired) electrons. The first-order valence-corrected chi connectivity index (χ1v) is 10.5. The summed E-state index contributed by atoms with van der Waals surface area (Å²) in [6.45, 7) is 1.86. The fourth-order valence-corrected chi connectivity index (χ4v) is 3.57. The first kappa shape index (κ1) is 20.7. The van der Waals surface area contributed by atoms with Gasteiger partial charge in [-0.25, -0.2) is 0 Å². The van der Waals surface area contributed by atoms with E-state index in [0.717, 1.165) is 24.0 Å². The summed E-state index contributed by atoms with van der Waals surface area (Å²) < 4.78 is 5.72. The van der Waals surface area contributed by atoms with Crippen molar-refractivity contribution in [2.24, 2.45) is 5.92 Å². The highest BCUT2D eigenvalue weighted by Gasteiger charge is 2.31. The number of ether oxygens (including phenoxy) is 1. The highest BCUT2D eigenvalue weighted by molar-refractivity contribution is 5.94. The van der Waals surface area contributed by atoms with Gasteiger partial charge < -0.3 is 15.4 Å². The summed E-state index contributed by atoms with van der Waals surface area (Å²) in [5.74, 6) is 0.466. The Morgan fingerprint density at radius 2 is 1.52 bits per heavy atom. The van der Waals surface area contributed by atoms with E-state index >= 15 is 0 Å².